The Labute approximate surface area is 188 Å². The van der Waals surface area contributed by atoms with E-state index in [1.165, 1.54) is 0 Å². The average Bonchev–Trinajstić information content (AvgIpc) is 3.01. The number of carbonyl (C=O) groups excluding carboxylic acids is 1. The molecule has 0 aromatic heterocycles. The number of amides is 1. The van der Waals surface area contributed by atoms with Gasteiger partial charge in [0.1, 0.15) is 12.4 Å². The Morgan fingerprint density at radius 2 is 1.81 bits per heavy atom. The molecule has 0 N–H and O–H groups in total. The van der Waals surface area contributed by atoms with Crippen LogP contribution in [0, 0.1) is 0 Å². The van der Waals surface area contributed by atoms with Crippen LogP contribution in [0.5, 0.6) is 17.2 Å². The van der Waals surface area contributed by atoms with Crippen molar-refractivity contribution in [2.24, 2.45) is 0 Å². The summed E-state index contributed by atoms with van der Waals surface area (Å²) < 4.78 is 17.4. The number of benzene rings is 2. The second-order valence-corrected chi connectivity index (χ2v) is 8.50. The number of methoxy groups -OCH3 is 2. The first-order valence-electron chi connectivity index (χ1n) is 10.7. The van der Waals surface area contributed by atoms with Gasteiger partial charge in [0.2, 0.25) is 5.91 Å². The quantitative estimate of drug-likeness (QED) is 0.706. The number of nitrogens with zero attached hydrogens (tertiary/aromatic N) is 2. The number of likely N-dealkylation sites (tertiary alicyclic amines) is 1. The van der Waals surface area contributed by atoms with E-state index in [4.69, 9.17) is 25.8 Å². The lowest BCUT2D eigenvalue weighted by atomic mass is 9.99. The van der Waals surface area contributed by atoms with Gasteiger partial charge in [0.25, 0.3) is 0 Å². The first-order chi connectivity index (χ1) is 15.0. The van der Waals surface area contributed by atoms with Gasteiger partial charge in [0.05, 0.1) is 14.2 Å². The number of ether oxygens (including phenoxy) is 3. The summed E-state index contributed by atoms with van der Waals surface area (Å²) in [7, 11) is 3.32. The van der Waals surface area contributed by atoms with Gasteiger partial charge in [0, 0.05) is 55.3 Å². The molecule has 1 saturated heterocycles. The zero-order valence-corrected chi connectivity index (χ0v) is 19.1. The smallest absolute Gasteiger partial charge is 0.219 e. The lowest BCUT2D eigenvalue weighted by molar-refractivity contribution is -0.130. The lowest BCUT2D eigenvalue weighted by Gasteiger charge is -2.37. The number of halogens is 1. The summed E-state index contributed by atoms with van der Waals surface area (Å²) in [6, 6.07) is 10.2. The van der Waals surface area contributed by atoms with Crippen LogP contribution >= 0.6 is 11.6 Å². The van der Waals surface area contributed by atoms with Crippen molar-refractivity contribution in [2.45, 2.75) is 32.4 Å². The largest absolute Gasteiger partial charge is 0.496 e. The molecule has 2 aliphatic heterocycles. The normalized spacial score (nSPS) is 17.5. The van der Waals surface area contributed by atoms with Gasteiger partial charge in [-0.2, -0.15) is 0 Å². The molecule has 7 heteroatoms. The second kappa shape index (κ2) is 9.37. The van der Waals surface area contributed by atoms with Crippen LogP contribution in [0.2, 0.25) is 5.02 Å². The highest BCUT2D eigenvalue weighted by atomic mass is 35.5. The molecule has 0 bridgehead atoms. The fourth-order valence-corrected chi connectivity index (χ4v) is 4.75. The van der Waals surface area contributed by atoms with Crippen molar-refractivity contribution in [1.29, 1.82) is 0 Å². The topological polar surface area (TPSA) is 51.2 Å². The number of piperidine rings is 1. The van der Waals surface area contributed by atoms with E-state index in [2.05, 4.69) is 11.0 Å². The summed E-state index contributed by atoms with van der Waals surface area (Å²) in [6.07, 6.45) is 1.96. The Morgan fingerprint density at radius 1 is 1.06 bits per heavy atom. The molecule has 4 rings (SSSR count). The van der Waals surface area contributed by atoms with Crippen molar-refractivity contribution < 1.29 is 19.0 Å². The summed E-state index contributed by atoms with van der Waals surface area (Å²) in [6.45, 7) is 5.50. The first-order valence-corrected chi connectivity index (χ1v) is 11.0. The van der Waals surface area contributed by atoms with Crippen molar-refractivity contribution in [3.63, 3.8) is 0 Å². The summed E-state index contributed by atoms with van der Waals surface area (Å²) in [5, 5.41) is 0.653. The standard InChI is InChI=1S/C24H29ClN2O4/c1-16(28)26-8-6-20(7-9-26)27-10-11-31-24-18(15-27)12-17(13-23(24)30-3)21-14-19(25)4-5-22(21)29-2/h4-5,12-14,20H,6-11,15H2,1-3H3. The number of rotatable bonds is 4. The van der Waals surface area contributed by atoms with Crippen molar-refractivity contribution in [3.05, 3.63) is 40.9 Å². The molecule has 1 fully saturated rings. The van der Waals surface area contributed by atoms with Crippen LogP contribution in [0.1, 0.15) is 25.3 Å². The van der Waals surface area contributed by atoms with Gasteiger partial charge < -0.3 is 19.1 Å². The van der Waals surface area contributed by atoms with E-state index in [-0.39, 0.29) is 5.91 Å². The Morgan fingerprint density at radius 3 is 2.48 bits per heavy atom. The van der Waals surface area contributed by atoms with Gasteiger partial charge in [-0.05, 0) is 48.7 Å². The minimum absolute atomic E-state index is 0.160. The van der Waals surface area contributed by atoms with Crippen molar-refractivity contribution >= 4 is 17.5 Å². The summed E-state index contributed by atoms with van der Waals surface area (Å²) in [5.74, 6) is 2.43. The molecule has 0 spiro atoms. The van der Waals surface area contributed by atoms with Crippen molar-refractivity contribution in [2.75, 3.05) is 40.5 Å². The molecular formula is C24H29ClN2O4. The summed E-state index contributed by atoms with van der Waals surface area (Å²) in [5.41, 5.74) is 2.98. The second-order valence-electron chi connectivity index (χ2n) is 8.07. The molecule has 0 radical (unpaired) electrons. The highest BCUT2D eigenvalue weighted by Gasteiger charge is 2.29. The minimum Gasteiger partial charge on any atom is -0.496 e. The predicted molar refractivity (Wildman–Crippen MR) is 121 cm³/mol. The zero-order chi connectivity index (χ0) is 22.0. The molecule has 2 aromatic carbocycles. The molecule has 0 atom stereocenters. The number of carbonyl (C=O) groups is 1. The Hall–Kier alpha value is -2.44. The van der Waals surface area contributed by atoms with Gasteiger partial charge in [-0.3, -0.25) is 9.69 Å². The SMILES string of the molecule is COc1ccc(Cl)cc1-c1cc2c(c(OC)c1)OCCN(C1CCN(C(C)=O)CC1)C2. The predicted octanol–water partition coefficient (Wildman–Crippen LogP) is 4.23. The van der Waals surface area contributed by atoms with Gasteiger partial charge in [-0.15, -0.1) is 0 Å². The monoisotopic (exact) mass is 444 g/mol. The summed E-state index contributed by atoms with van der Waals surface area (Å²) >= 11 is 6.28. The van der Waals surface area contributed by atoms with E-state index >= 15 is 0 Å². The maximum absolute atomic E-state index is 11.7. The highest BCUT2D eigenvalue weighted by Crippen LogP contribution is 2.41. The van der Waals surface area contributed by atoms with Gasteiger partial charge >= 0.3 is 0 Å². The van der Waals surface area contributed by atoms with E-state index in [1.807, 2.05) is 29.2 Å². The molecule has 2 heterocycles. The molecule has 166 valence electrons. The van der Waals surface area contributed by atoms with Crippen LogP contribution < -0.4 is 14.2 Å². The number of hydrogen-bond acceptors (Lipinski definition) is 5. The molecule has 31 heavy (non-hydrogen) atoms. The van der Waals surface area contributed by atoms with Crippen molar-refractivity contribution in [3.8, 4) is 28.4 Å². The van der Waals surface area contributed by atoms with Gasteiger partial charge in [0.15, 0.2) is 11.5 Å². The number of hydrogen-bond donors (Lipinski definition) is 0. The van der Waals surface area contributed by atoms with Crippen LogP contribution in [0.3, 0.4) is 0 Å². The van der Waals surface area contributed by atoms with Gasteiger partial charge in [-0.25, -0.2) is 0 Å². The van der Waals surface area contributed by atoms with E-state index in [1.54, 1.807) is 21.1 Å². The number of fused-ring (bicyclic) bond motifs is 1. The fourth-order valence-electron chi connectivity index (χ4n) is 4.57. The molecule has 0 unspecified atom stereocenters. The molecule has 1 amide bonds. The van der Waals surface area contributed by atoms with Crippen LogP contribution in [0.25, 0.3) is 11.1 Å². The average molecular weight is 445 g/mol. The molecule has 0 aliphatic carbocycles. The van der Waals surface area contributed by atoms with E-state index in [9.17, 15) is 4.79 Å². The Balaban J connectivity index is 1.65. The highest BCUT2D eigenvalue weighted by molar-refractivity contribution is 6.31. The third-order valence-corrected chi connectivity index (χ3v) is 6.48. The molecule has 0 saturated carbocycles. The van der Waals surface area contributed by atoms with Crippen LogP contribution in [-0.4, -0.2) is 62.2 Å². The molecule has 2 aromatic rings. The van der Waals surface area contributed by atoms with Crippen LogP contribution in [0.4, 0.5) is 0 Å². The molecule has 2 aliphatic rings. The van der Waals surface area contributed by atoms with Crippen molar-refractivity contribution in [1.82, 2.24) is 9.80 Å². The third kappa shape index (κ3) is 4.60. The van der Waals surface area contributed by atoms with E-state index in [0.717, 1.165) is 67.2 Å². The van der Waals surface area contributed by atoms with Crippen LogP contribution in [-0.2, 0) is 11.3 Å². The lowest BCUT2D eigenvalue weighted by Crippen LogP contribution is -2.46. The molecular weight excluding hydrogens is 416 g/mol. The van der Waals surface area contributed by atoms with E-state index < -0.39 is 0 Å². The summed E-state index contributed by atoms with van der Waals surface area (Å²) in [4.78, 5) is 16.1. The fraction of sp³-hybridized carbons (Fsp3) is 0.458. The van der Waals surface area contributed by atoms with Gasteiger partial charge in [-0.1, -0.05) is 11.6 Å². The Kier molecular flexibility index (Phi) is 6.58. The maximum atomic E-state index is 11.7. The van der Waals surface area contributed by atoms with E-state index in [0.29, 0.717) is 23.4 Å². The minimum atomic E-state index is 0.160. The maximum Gasteiger partial charge on any atom is 0.219 e. The third-order valence-electron chi connectivity index (χ3n) is 6.25. The van der Waals surface area contributed by atoms with Crippen LogP contribution in [0.15, 0.2) is 30.3 Å². The zero-order valence-electron chi connectivity index (χ0n) is 18.3. The first kappa shape index (κ1) is 21.8. The Bertz CT molecular complexity index is 957. The molecule has 6 nitrogen and oxygen atoms in total.